The molecule has 0 aliphatic heterocycles. The van der Waals surface area contributed by atoms with Crippen molar-refractivity contribution in [1.82, 2.24) is 9.78 Å². The van der Waals surface area contributed by atoms with E-state index >= 15 is 0 Å². The third kappa shape index (κ3) is 2.67. The Bertz CT molecular complexity index is 634. The van der Waals surface area contributed by atoms with Gasteiger partial charge in [0.05, 0.1) is 17.0 Å². The molecule has 0 saturated heterocycles. The van der Waals surface area contributed by atoms with Crippen LogP contribution in [0.5, 0.6) is 0 Å². The van der Waals surface area contributed by atoms with Crippen LogP contribution in [-0.2, 0) is 13.2 Å². The van der Waals surface area contributed by atoms with Crippen molar-refractivity contribution >= 4 is 0 Å². The molecule has 1 unspecified atom stereocenters. The molecular formula is C13H12F4N2O. The first-order valence-corrected chi connectivity index (χ1v) is 5.75. The van der Waals surface area contributed by atoms with Gasteiger partial charge in [-0.1, -0.05) is 6.07 Å². The van der Waals surface area contributed by atoms with Gasteiger partial charge in [-0.3, -0.25) is 4.68 Å². The van der Waals surface area contributed by atoms with Crippen LogP contribution in [0.25, 0.3) is 0 Å². The van der Waals surface area contributed by atoms with Gasteiger partial charge in [0.25, 0.3) is 0 Å². The van der Waals surface area contributed by atoms with Gasteiger partial charge in [0.1, 0.15) is 11.9 Å². The summed E-state index contributed by atoms with van der Waals surface area (Å²) >= 11 is 0. The Morgan fingerprint density at radius 2 is 1.90 bits per heavy atom. The third-order valence-corrected chi connectivity index (χ3v) is 2.93. The normalized spacial score (nSPS) is 13.6. The number of aromatic nitrogens is 2. The predicted molar refractivity (Wildman–Crippen MR) is 63.4 cm³/mol. The number of alkyl halides is 3. The molecule has 2 aromatic rings. The van der Waals surface area contributed by atoms with Gasteiger partial charge in [0.2, 0.25) is 0 Å². The molecule has 7 heteroatoms. The van der Waals surface area contributed by atoms with Crippen LogP contribution in [0.1, 0.15) is 28.6 Å². The molecule has 0 spiro atoms. The molecule has 0 fully saturated rings. The number of benzene rings is 1. The van der Waals surface area contributed by atoms with Crippen LogP contribution in [0.2, 0.25) is 0 Å². The Balaban J connectivity index is 2.46. The van der Waals surface area contributed by atoms with Crippen molar-refractivity contribution in [3.8, 4) is 0 Å². The van der Waals surface area contributed by atoms with Crippen LogP contribution in [0.15, 0.2) is 24.3 Å². The molecule has 20 heavy (non-hydrogen) atoms. The molecule has 1 atom stereocenters. The number of halogens is 4. The molecule has 0 aliphatic carbocycles. The minimum absolute atomic E-state index is 0.0401. The van der Waals surface area contributed by atoms with Gasteiger partial charge in [-0.05, 0) is 30.7 Å². The molecular weight excluding hydrogens is 276 g/mol. The van der Waals surface area contributed by atoms with Crippen LogP contribution in [0.4, 0.5) is 17.6 Å². The molecule has 1 heterocycles. The summed E-state index contributed by atoms with van der Waals surface area (Å²) in [5.41, 5.74) is -0.475. The van der Waals surface area contributed by atoms with Gasteiger partial charge in [-0.25, -0.2) is 4.39 Å². The quantitative estimate of drug-likeness (QED) is 0.863. The van der Waals surface area contributed by atoms with Crippen molar-refractivity contribution in [2.24, 2.45) is 7.05 Å². The number of aliphatic hydroxyl groups excluding tert-OH is 1. The van der Waals surface area contributed by atoms with Gasteiger partial charge in [-0.15, -0.1) is 0 Å². The number of aryl methyl sites for hydroxylation is 2. The van der Waals surface area contributed by atoms with Crippen molar-refractivity contribution in [3.63, 3.8) is 0 Å². The average Bonchev–Trinajstić information content (AvgIpc) is 2.66. The average molecular weight is 288 g/mol. The summed E-state index contributed by atoms with van der Waals surface area (Å²) in [7, 11) is 1.57. The maximum Gasteiger partial charge on any atom is 0.419 e. The summed E-state index contributed by atoms with van der Waals surface area (Å²) in [6, 6.07) is 3.99. The lowest BCUT2D eigenvalue weighted by molar-refractivity contribution is -0.140. The molecule has 0 saturated carbocycles. The second-order valence-electron chi connectivity index (χ2n) is 4.47. The summed E-state index contributed by atoms with van der Waals surface area (Å²) in [6.07, 6.45) is -6.11. The predicted octanol–water partition coefficient (Wildman–Crippen LogP) is 2.97. The van der Waals surface area contributed by atoms with E-state index in [1.807, 2.05) is 0 Å². The highest BCUT2D eigenvalue weighted by molar-refractivity contribution is 5.33. The largest absolute Gasteiger partial charge is 0.419 e. The van der Waals surface area contributed by atoms with Crippen molar-refractivity contribution in [2.45, 2.75) is 19.2 Å². The number of nitrogens with zero attached hydrogens (tertiary/aromatic N) is 2. The summed E-state index contributed by atoms with van der Waals surface area (Å²) in [5, 5.41) is 14.1. The first-order chi connectivity index (χ1) is 9.20. The Kier molecular flexibility index (Phi) is 3.56. The smallest absolute Gasteiger partial charge is 0.382 e. The van der Waals surface area contributed by atoms with Crippen molar-refractivity contribution < 1.29 is 22.7 Å². The van der Waals surface area contributed by atoms with Gasteiger partial charge in [0.15, 0.2) is 0 Å². The Labute approximate surface area is 112 Å². The molecule has 1 aromatic carbocycles. The van der Waals surface area contributed by atoms with E-state index in [2.05, 4.69) is 5.10 Å². The van der Waals surface area contributed by atoms with Crippen LogP contribution < -0.4 is 0 Å². The summed E-state index contributed by atoms with van der Waals surface area (Å²) in [6.45, 7) is 1.70. The molecule has 1 aromatic heterocycles. The van der Waals surface area contributed by atoms with Gasteiger partial charge in [0, 0.05) is 7.05 Å². The maximum absolute atomic E-state index is 13.2. The highest BCUT2D eigenvalue weighted by Gasteiger charge is 2.34. The van der Waals surface area contributed by atoms with Crippen molar-refractivity contribution in [2.75, 3.05) is 0 Å². The lowest BCUT2D eigenvalue weighted by atomic mass is 10.0. The third-order valence-electron chi connectivity index (χ3n) is 2.93. The zero-order chi connectivity index (χ0) is 15.1. The van der Waals surface area contributed by atoms with E-state index in [-0.39, 0.29) is 5.56 Å². The van der Waals surface area contributed by atoms with Crippen molar-refractivity contribution in [3.05, 3.63) is 52.6 Å². The van der Waals surface area contributed by atoms with Crippen molar-refractivity contribution in [1.29, 1.82) is 0 Å². The highest BCUT2D eigenvalue weighted by atomic mass is 19.4. The topological polar surface area (TPSA) is 38.0 Å². The van der Waals surface area contributed by atoms with Crippen LogP contribution in [0.3, 0.4) is 0 Å². The Morgan fingerprint density at radius 1 is 1.25 bits per heavy atom. The molecule has 0 amide bonds. The fourth-order valence-electron chi connectivity index (χ4n) is 1.99. The summed E-state index contributed by atoms with van der Waals surface area (Å²) < 4.78 is 52.5. The SMILES string of the molecule is Cc1cc(C(O)c2ccc(F)c(C(F)(F)F)c2)n(C)n1. The molecule has 3 nitrogen and oxygen atoms in total. The number of rotatable bonds is 2. The molecule has 0 aliphatic rings. The highest BCUT2D eigenvalue weighted by Crippen LogP contribution is 2.34. The minimum Gasteiger partial charge on any atom is -0.382 e. The monoisotopic (exact) mass is 288 g/mol. The van der Waals surface area contributed by atoms with Crippen LogP contribution >= 0.6 is 0 Å². The standard InChI is InChI=1S/C13H12F4N2O/c1-7-5-11(19(2)18-7)12(20)8-3-4-10(14)9(6-8)13(15,16)17/h3-6,12,20H,1-2H3. The molecule has 2 rings (SSSR count). The zero-order valence-corrected chi connectivity index (χ0v) is 10.7. The number of aliphatic hydroxyl groups is 1. The lowest BCUT2D eigenvalue weighted by Crippen LogP contribution is -2.11. The molecule has 0 bridgehead atoms. The molecule has 108 valence electrons. The Hall–Kier alpha value is -1.89. The first kappa shape index (κ1) is 14.5. The van der Waals surface area contributed by atoms with E-state index in [0.717, 1.165) is 6.07 Å². The second-order valence-corrected chi connectivity index (χ2v) is 4.47. The van der Waals surface area contributed by atoms with Gasteiger partial charge >= 0.3 is 6.18 Å². The van der Waals surface area contributed by atoms with E-state index in [0.29, 0.717) is 23.5 Å². The van der Waals surface area contributed by atoms with E-state index in [1.54, 1.807) is 20.0 Å². The van der Waals surface area contributed by atoms with Crippen LogP contribution in [-0.4, -0.2) is 14.9 Å². The van der Waals surface area contributed by atoms with E-state index < -0.39 is 23.7 Å². The van der Waals surface area contributed by atoms with Gasteiger partial charge in [-0.2, -0.15) is 18.3 Å². The molecule has 0 radical (unpaired) electrons. The zero-order valence-electron chi connectivity index (χ0n) is 10.7. The van der Waals surface area contributed by atoms with E-state index in [9.17, 15) is 22.7 Å². The van der Waals surface area contributed by atoms with E-state index in [1.165, 1.54) is 4.68 Å². The second kappa shape index (κ2) is 4.90. The summed E-state index contributed by atoms with van der Waals surface area (Å²) in [5.74, 6) is -1.37. The summed E-state index contributed by atoms with van der Waals surface area (Å²) in [4.78, 5) is 0. The Morgan fingerprint density at radius 3 is 2.40 bits per heavy atom. The minimum atomic E-state index is -4.80. The van der Waals surface area contributed by atoms with E-state index in [4.69, 9.17) is 0 Å². The fourth-order valence-corrected chi connectivity index (χ4v) is 1.99. The van der Waals surface area contributed by atoms with Crippen LogP contribution in [0, 0.1) is 12.7 Å². The number of hydrogen-bond donors (Lipinski definition) is 1. The fraction of sp³-hybridized carbons (Fsp3) is 0.308. The first-order valence-electron chi connectivity index (χ1n) is 5.75. The maximum atomic E-state index is 13.2. The number of hydrogen-bond acceptors (Lipinski definition) is 2. The lowest BCUT2D eigenvalue weighted by Gasteiger charge is -2.14. The molecule has 1 N–H and O–H groups in total. The van der Waals surface area contributed by atoms with Gasteiger partial charge < -0.3 is 5.11 Å².